The number of rotatable bonds is 2. The summed E-state index contributed by atoms with van der Waals surface area (Å²) in [6.07, 6.45) is 9.56. The lowest BCUT2D eigenvalue weighted by Gasteiger charge is -2.70. The standard InChI is InChI=1S/C31H48O5/c1-26-12-13-27(2,25(35)36-7)17-20(26)19-16-21(33)24-28(3)10-9-23(34)29(4,18-32)22(28)8-11-31(24,6)30(19,5)15-14-26/h16,20,22-24,32,34H,8-15,17-18H2,1-7H3/t20-,22?,23-,24?,26+,27-,28-,29+,30?,31+/m0/s1. The van der Waals surface area contributed by atoms with Crippen molar-refractivity contribution >= 4 is 11.8 Å². The number of aliphatic hydroxyl groups excluding tert-OH is 2. The van der Waals surface area contributed by atoms with E-state index in [1.807, 2.05) is 13.0 Å². The second-order valence-corrected chi connectivity index (χ2v) is 15.0. The summed E-state index contributed by atoms with van der Waals surface area (Å²) < 4.78 is 5.24. The first-order valence-electron chi connectivity index (χ1n) is 14.3. The molecule has 5 heteroatoms. The fraction of sp³-hybridized carbons (Fsp3) is 0.871. The fourth-order valence-corrected chi connectivity index (χ4v) is 10.6. The number of aliphatic hydroxyl groups is 2. The number of allylic oxidation sites excluding steroid dienone is 2. The zero-order valence-electron chi connectivity index (χ0n) is 23.6. The molecule has 0 aliphatic heterocycles. The predicted octanol–water partition coefficient (Wildman–Crippen LogP) is 5.47. The minimum Gasteiger partial charge on any atom is -0.469 e. The van der Waals surface area contributed by atoms with Crippen LogP contribution >= 0.6 is 0 Å². The molecule has 0 heterocycles. The fourth-order valence-electron chi connectivity index (χ4n) is 10.6. The number of methoxy groups -OCH3 is 1. The molecule has 0 saturated heterocycles. The molecule has 5 rings (SSSR count). The van der Waals surface area contributed by atoms with Crippen LogP contribution in [0.15, 0.2) is 11.6 Å². The van der Waals surface area contributed by atoms with Gasteiger partial charge in [0.25, 0.3) is 0 Å². The Morgan fingerprint density at radius 1 is 1.00 bits per heavy atom. The number of hydrogen-bond acceptors (Lipinski definition) is 5. The van der Waals surface area contributed by atoms with E-state index >= 15 is 0 Å². The highest BCUT2D eigenvalue weighted by Gasteiger charge is 2.70. The maximum atomic E-state index is 14.3. The second kappa shape index (κ2) is 7.91. The van der Waals surface area contributed by atoms with Gasteiger partial charge in [0.1, 0.15) is 0 Å². The highest BCUT2D eigenvalue weighted by Crippen LogP contribution is 2.75. The van der Waals surface area contributed by atoms with Crippen LogP contribution in [-0.2, 0) is 14.3 Å². The molecule has 5 nitrogen and oxygen atoms in total. The molecule has 0 radical (unpaired) electrons. The van der Waals surface area contributed by atoms with E-state index < -0.39 is 16.9 Å². The Bertz CT molecular complexity index is 1000. The summed E-state index contributed by atoms with van der Waals surface area (Å²) in [6, 6.07) is 0. The van der Waals surface area contributed by atoms with E-state index in [2.05, 4.69) is 34.6 Å². The monoisotopic (exact) mass is 500 g/mol. The number of fused-ring (bicyclic) bond motifs is 7. The molecule has 36 heavy (non-hydrogen) atoms. The van der Waals surface area contributed by atoms with Crippen LogP contribution in [0.1, 0.15) is 99.3 Å². The number of esters is 1. The lowest BCUT2D eigenvalue weighted by molar-refractivity contribution is -0.212. The molecule has 4 saturated carbocycles. The van der Waals surface area contributed by atoms with Gasteiger partial charge in [-0.2, -0.15) is 0 Å². The Hall–Kier alpha value is -1.20. The number of ketones is 1. The Balaban J connectivity index is 1.61. The zero-order valence-corrected chi connectivity index (χ0v) is 23.6. The Morgan fingerprint density at radius 2 is 1.67 bits per heavy atom. The molecule has 3 unspecified atom stereocenters. The van der Waals surface area contributed by atoms with Crippen LogP contribution in [0.3, 0.4) is 0 Å². The van der Waals surface area contributed by atoms with Crippen molar-refractivity contribution in [1.29, 1.82) is 0 Å². The van der Waals surface area contributed by atoms with Crippen molar-refractivity contribution in [2.45, 2.75) is 105 Å². The average molecular weight is 501 g/mol. The number of hydrogen-bond donors (Lipinski definition) is 2. The molecule has 2 N–H and O–H groups in total. The van der Waals surface area contributed by atoms with Gasteiger partial charge >= 0.3 is 5.97 Å². The predicted molar refractivity (Wildman–Crippen MR) is 139 cm³/mol. The summed E-state index contributed by atoms with van der Waals surface area (Å²) >= 11 is 0. The summed E-state index contributed by atoms with van der Waals surface area (Å²) in [5.41, 5.74) is -0.227. The second-order valence-electron chi connectivity index (χ2n) is 15.0. The van der Waals surface area contributed by atoms with Crippen molar-refractivity contribution in [3.05, 3.63) is 11.6 Å². The summed E-state index contributed by atoms with van der Waals surface area (Å²) in [5.74, 6) is 0.322. The van der Waals surface area contributed by atoms with E-state index in [1.165, 1.54) is 12.7 Å². The van der Waals surface area contributed by atoms with Crippen molar-refractivity contribution in [2.75, 3.05) is 13.7 Å². The summed E-state index contributed by atoms with van der Waals surface area (Å²) in [5, 5.41) is 21.3. The Kier molecular flexibility index (Phi) is 5.80. The minimum atomic E-state index is -0.573. The van der Waals surface area contributed by atoms with Crippen LogP contribution in [0, 0.1) is 50.2 Å². The van der Waals surface area contributed by atoms with Gasteiger partial charge in [0.2, 0.25) is 0 Å². The molecular formula is C31H48O5. The van der Waals surface area contributed by atoms with Gasteiger partial charge in [-0.05, 0) is 104 Å². The lowest BCUT2D eigenvalue weighted by Crippen LogP contribution is -2.67. The van der Waals surface area contributed by atoms with E-state index in [4.69, 9.17) is 4.74 Å². The van der Waals surface area contributed by atoms with E-state index in [9.17, 15) is 19.8 Å². The van der Waals surface area contributed by atoms with Crippen LogP contribution in [0.4, 0.5) is 0 Å². The third-order valence-electron chi connectivity index (χ3n) is 13.4. The molecular weight excluding hydrogens is 452 g/mol. The maximum absolute atomic E-state index is 14.3. The highest BCUT2D eigenvalue weighted by molar-refractivity contribution is 5.95. The molecule has 4 fully saturated rings. The van der Waals surface area contributed by atoms with E-state index in [-0.39, 0.29) is 57.8 Å². The van der Waals surface area contributed by atoms with E-state index in [0.29, 0.717) is 6.42 Å². The molecule has 5 aliphatic carbocycles. The lowest BCUT2D eigenvalue weighted by atomic mass is 9.33. The van der Waals surface area contributed by atoms with Gasteiger partial charge in [0.15, 0.2) is 5.78 Å². The topological polar surface area (TPSA) is 83.8 Å². The first-order chi connectivity index (χ1) is 16.7. The molecule has 202 valence electrons. The van der Waals surface area contributed by atoms with Crippen molar-refractivity contribution in [2.24, 2.45) is 50.2 Å². The van der Waals surface area contributed by atoms with Gasteiger partial charge in [-0.15, -0.1) is 0 Å². The van der Waals surface area contributed by atoms with Gasteiger partial charge in [0.05, 0.1) is 25.2 Å². The molecule has 0 aromatic heterocycles. The SMILES string of the molecule is COC(=O)[C@@]1(C)CC[C@]2(C)CCC3(C)C(=CC(=O)C4[C@@]5(C)CC[C@H](O)[C@](C)(CO)C5CC[C@]43C)[C@@H]2C1. The normalized spacial score (nSPS) is 54.4. The minimum absolute atomic E-state index is 0.0447. The van der Waals surface area contributed by atoms with Crippen LogP contribution in [0.2, 0.25) is 0 Å². The molecule has 0 spiro atoms. The Morgan fingerprint density at radius 3 is 2.31 bits per heavy atom. The van der Waals surface area contributed by atoms with Crippen LogP contribution < -0.4 is 0 Å². The van der Waals surface area contributed by atoms with E-state index in [0.717, 1.165) is 51.4 Å². The van der Waals surface area contributed by atoms with Crippen LogP contribution in [-0.4, -0.2) is 41.8 Å². The van der Waals surface area contributed by atoms with Gasteiger partial charge in [0, 0.05) is 11.3 Å². The van der Waals surface area contributed by atoms with Gasteiger partial charge in [-0.3, -0.25) is 9.59 Å². The molecule has 0 aromatic carbocycles. The molecule has 0 bridgehead atoms. The molecule has 5 aliphatic rings. The third kappa shape index (κ3) is 3.08. The van der Waals surface area contributed by atoms with Crippen LogP contribution in [0.5, 0.6) is 0 Å². The molecule has 0 amide bonds. The van der Waals surface area contributed by atoms with Gasteiger partial charge in [-0.25, -0.2) is 0 Å². The number of carbonyl (C=O) groups excluding carboxylic acids is 2. The van der Waals surface area contributed by atoms with Crippen molar-refractivity contribution < 1.29 is 24.5 Å². The first kappa shape index (κ1) is 26.4. The summed E-state index contributed by atoms with van der Waals surface area (Å²) in [7, 11) is 1.49. The van der Waals surface area contributed by atoms with Crippen LogP contribution in [0.25, 0.3) is 0 Å². The van der Waals surface area contributed by atoms with Crippen molar-refractivity contribution in [3.8, 4) is 0 Å². The van der Waals surface area contributed by atoms with E-state index in [1.54, 1.807) is 0 Å². The van der Waals surface area contributed by atoms with Crippen molar-refractivity contribution in [3.63, 3.8) is 0 Å². The average Bonchev–Trinajstić information content (AvgIpc) is 2.83. The van der Waals surface area contributed by atoms with Crippen molar-refractivity contribution in [1.82, 2.24) is 0 Å². The van der Waals surface area contributed by atoms with Gasteiger partial charge in [-0.1, -0.05) is 40.2 Å². The quantitative estimate of drug-likeness (QED) is 0.491. The molecule has 0 aromatic rings. The largest absolute Gasteiger partial charge is 0.469 e. The third-order valence-corrected chi connectivity index (χ3v) is 13.4. The molecule has 10 atom stereocenters. The Labute approximate surface area is 217 Å². The summed E-state index contributed by atoms with van der Waals surface area (Å²) in [6.45, 7) is 13.5. The maximum Gasteiger partial charge on any atom is 0.311 e. The number of ether oxygens (including phenoxy) is 1. The van der Waals surface area contributed by atoms with Gasteiger partial charge < -0.3 is 14.9 Å². The smallest absolute Gasteiger partial charge is 0.311 e. The first-order valence-corrected chi connectivity index (χ1v) is 14.3. The number of carbonyl (C=O) groups is 2. The highest BCUT2D eigenvalue weighted by atomic mass is 16.5. The zero-order chi connectivity index (χ0) is 26.5. The summed E-state index contributed by atoms with van der Waals surface area (Å²) in [4.78, 5) is 27.1.